The molecule has 0 fully saturated rings. The van der Waals surface area contributed by atoms with Gasteiger partial charge in [-0.1, -0.05) is 0 Å². The molecule has 4 nitrogen and oxygen atoms in total. The highest BCUT2D eigenvalue weighted by Crippen LogP contribution is 2.22. The third-order valence-corrected chi connectivity index (χ3v) is 3.88. The van der Waals surface area contributed by atoms with E-state index < -0.39 is 17.4 Å². The maximum Gasteiger partial charge on any atom is 0.338 e. The Balaban J connectivity index is 1.89. The molecular weight excluding hydrogens is 311 g/mol. The van der Waals surface area contributed by atoms with E-state index in [1.807, 2.05) is 19.9 Å². The van der Waals surface area contributed by atoms with Crippen LogP contribution in [0.4, 0.5) is 4.39 Å². The van der Waals surface area contributed by atoms with E-state index in [-0.39, 0.29) is 12.2 Å². The van der Waals surface area contributed by atoms with Gasteiger partial charge in [0.15, 0.2) is 0 Å². The average molecular weight is 326 g/mol. The maximum absolute atomic E-state index is 12.9. The molecule has 0 saturated carbocycles. The molecule has 0 radical (unpaired) electrons. The van der Waals surface area contributed by atoms with E-state index in [9.17, 15) is 14.0 Å². The van der Waals surface area contributed by atoms with Crippen LogP contribution in [0.15, 0.2) is 51.7 Å². The van der Waals surface area contributed by atoms with Crippen LogP contribution in [0.3, 0.4) is 0 Å². The van der Waals surface area contributed by atoms with E-state index in [2.05, 4.69) is 0 Å². The molecule has 5 heteroatoms. The first-order valence-electron chi connectivity index (χ1n) is 7.41. The number of hydrogen-bond acceptors (Lipinski definition) is 4. The Labute approximate surface area is 137 Å². The molecule has 0 aliphatic rings. The van der Waals surface area contributed by atoms with Crippen LogP contribution in [0.1, 0.15) is 27.0 Å². The molecule has 3 aromatic rings. The summed E-state index contributed by atoms with van der Waals surface area (Å²) in [5.74, 6) is -1.01. The number of ether oxygens (including phenoxy) is 1. The summed E-state index contributed by atoms with van der Waals surface area (Å²) >= 11 is 0. The Hall–Kier alpha value is -2.95. The van der Waals surface area contributed by atoms with Gasteiger partial charge in [0.05, 0.1) is 5.56 Å². The summed E-state index contributed by atoms with van der Waals surface area (Å²) < 4.78 is 23.3. The molecule has 1 heterocycles. The number of carbonyl (C=O) groups is 1. The van der Waals surface area contributed by atoms with Crippen molar-refractivity contribution in [3.63, 3.8) is 0 Å². The predicted octanol–water partition coefficient (Wildman–Crippen LogP) is 3.91. The van der Waals surface area contributed by atoms with Gasteiger partial charge in [-0.05, 0) is 61.4 Å². The zero-order chi connectivity index (χ0) is 17.3. The highest BCUT2D eigenvalue weighted by molar-refractivity contribution is 5.89. The smallest absolute Gasteiger partial charge is 0.338 e. The molecule has 0 atom stereocenters. The Morgan fingerprint density at radius 2 is 1.75 bits per heavy atom. The van der Waals surface area contributed by atoms with E-state index in [4.69, 9.17) is 9.15 Å². The number of esters is 1. The van der Waals surface area contributed by atoms with Crippen LogP contribution in [0.2, 0.25) is 0 Å². The van der Waals surface area contributed by atoms with E-state index in [0.29, 0.717) is 11.1 Å². The van der Waals surface area contributed by atoms with Crippen LogP contribution >= 0.6 is 0 Å². The molecule has 0 N–H and O–H groups in total. The quantitative estimate of drug-likeness (QED) is 0.541. The lowest BCUT2D eigenvalue weighted by atomic mass is 10.0. The minimum atomic E-state index is -0.583. The average Bonchev–Trinajstić information content (AvgIpc) is 2.54. The minimum Gasteiger partial charge on any atom is -0.457 e. The molecule has 0 aliphatic heterocycles. The normalized spacial score (nSPS) is 10.8. The molecule has 0 saturated heterocycles. The summed E-state index contributed by atoms with van der Waals surface area (Å²) in [4.78, 5) is 23.7. The summed E-state index contributed by atoms with van der Waals surface area (Å²) in [5, 5.41) is 0.726. The van der Waals surface area contributed by atoms with Gasteiger partial charge >= 0.3 is 11.6 Å². The van der Waals surface area contributed by atoms with Crippen LogP contribution < -0.4 is 5.63 Å². The Bertz CT molecular complexity index is 971. The summed E-state index contributed by atoms with van der Waals surface area (Å²) in [7, 11) is 0. The molecule has 0 unspecified atom stereocenters. The number of carbonyl (C=O) groups excluding carboxylic acids is 1. The first kappa shape index (κ1) is 15.9. The van der Waals surface area contributed by atoms with Crippen molar-refractivity contribution in [3.05, 3.63) is 81.0 Å². The van der Waals surface area contributed by atoms with E-state index >= 15 is 0 Å². The van der Waals surface area contributed by atoms with Gasteiger partial charge in [-0.3, -0.25) is 0 Å². The third-order valence-electron chi connectivity index (χ3n) is 3.88. The van der Waals surface area contributed by atoms with Gasteiger partial charge < -0.3 is 9.15 Å². The van der Waals surface area contributed by atoms with Gasteiger partial charge in [0.1, 0.15) is 18.0 Å². The van der Waals surface area contributed by atoms with Crippen molar-refractivity contribution in [2.24, 2.45) is 0 Å². The van der Waals surface area contributed by atoms with Gasteiger partial charge in [-0.2, -0.15) is 0 Å². The Morgan fingerprint density at radius 3 is 2.46 bits per heavy atom. The lowest BCUT2D eigenvalue weighted by molar-refractivity contribution is 0.0474. The SMILES string of the molecule is Cc1cc2oc(=O)cc(COC(=O)c3ccc(F)cc3)c2cc1C. The third kappa shape index (κ3) is 3.20. The van der Waals surface area contributed by atoms with Crippen molar-refractivity contribution in [1.29, 1.82) is 0 Å². The van der Waals surface area contributed by atoms with Crippen molar-refractivity contribution in [2.75, 3.05) is 0 Å². The molecule has 2 aromatic carbocycles. The molecule has 1 aromatic heterocycles. The van der Waals surface area contributed by atoms with Gasteiger partial charge in [0.2, 0.25) is 0 Å². The van der Waals surface area contributed by atoms with Crippen molar-refractivity contribution in [3.8, 4) is 0 Å². The fourth-order valence-corrected chi connectivity index (χ4v) is 2.41. The van der Waals surface area contributed by atoms with Crippen LogP contribution in [0, 0.1) is 19.7 Å². The van der Waals surface area contributed by atoms with Gasteiger partial charge in [0.25, 0.3) is 0 Å². The van der Waals surface area contributed by atoms with Crippen LogP contribution in [-0.4, -0.2) is 5.97 Å². The van der Waals surface area contributed by atoms with Gasteiger partial charge in [0, 0.05) is 17.0 Å². The topological polar surface area (TPSA) is 56.5 Å². The second kappa shape index (κ2) is 6.28. The Kier molecular flexibility index (Phi) is 4.16. The molecule has 24 heavy (non-hydrogen) atoms. The van der Waals surface area contributed by atoms with Crippen LogP contribution in [-0.2, 0) is 11.3 Å². The first-order valence-corrected chi connectivity index (χ1v) is 7.41. The minimum absolute atomic E-state index is 0.0686. The highest BCUT2D eigenvalue weighted by atomic mass is 19.1. The van der Waals surface area contributed by atoms with Crippen molar-refractivity contribution < 1.29 is 18.3 Å². The van der Waals surface area contributed by atoms with Gasteiger partial charge in [-0.25, -0.2) is 14.0 Å². The standard InChI is InChI=1S/C19H15FO4/c1-11-7-16-14(9-18(21)24-17(16)8-12(11)2)10-23-19(22)13-3-5-15(20)6-4-13/h3-9H,10H2,1-2H3. The van der Waals surface area contributed by atoms with Crippen molar-refractivity contribution >= 4 is 16.9 Å². The molecule has 0 aliphatic carbocycles. The zero-order valence-corrected chi connectivity index (χ0v) is 13.3. The molecule has 0 amide bonds. The van der Waals surface area contributed by atoms with Crippen molar-refractivity contribution in [1.82, 2.24) is 0 Å². The predicted molar refractivity (Wildman–Crippen MR) is 87.5 cm³/mol. The van der Waals surface area contributed by atoms with Crippen molar-refractivity contribution in [2.45, 2.75) is 20.5 Å². The number of fused-ring (bicyclic) bond motifs is 1. The number of hydrogen-bond donors (Lipinski definition) is 0. The first-order chi connectivity index (χ1) is 11.4. The van der Waals surface area contributed by atoms with E-state index in [1.54, 1.807) is 6.07 Å². The second-order valence-electron chi connectivity index (χ2n) is 5.61. The maximum atomic E-state index is 12.9. The van der Waals surface area contributed by atoms with E-state index in [1.165, 1.54) is 30.3 Å². The largest absolute Gasteiger partial charge is 0.457 e. The summed E-state index contributed by atoms with van der Waals surface area (Å²) in [6, 6.07) is 10.1. The highest BCUT2D eigenvalue weighted by Gasteiger charge is 2.12. The molecule has 122 valence electrons. The summed E-state index contributed by atoms with van der Waals surface area (Å²) in [5.41, 5.74) is 2.82. The fourth-order valence-electron chi connectivity index (χ4n) is 2.41. The lowest BCUT2D eigenvalue weighted by Gasteiger charge is -2.09. The second-order valence-corrected chi connectivity index (χ2v) is 5.61. The fraction of sp³-hybridized carbons (Fsp3) is 0.158. The zero-order valence-electron chi connectivity index (χ0n) is 13.3. The van der Waals surface area contributed by atoms with Crippen LogP contribution in [0.25, 0.3) is 11.0 Å². The molecular formula is C19H15FO4. The Morgan fingerprint density at radius 1 is 1.08 bits per heavy atom. The number of rotatable bonds is 3. The van der Waals surface area contributed by atoms with E-state index in [0.717, 1.165) is 16.5 Å². The molecule has 0 bridgehead atoms. The number of aryl methyl sites for hydroxylation is 2. The monoisotopic (exact) mass is 326 g/mol. The summed E-state index contributed by atoms with van der Waals surface area (Å²) in [6.45, 7) is 3.81. The molecule has 0 spiro atoms. The summed E-state index contributed by atoms with van der Waals surface area (Å²) in [6.07, 6.45) is 0. The lowest BCUT2D eigenvalue weighted by Crippen LogP contribution is -2.08. The number of benzene rings is 2. The number of halogens is 1. The van der Waals surface area contributed by atoms with Gasteiger partial charge in [-0.15, -0.1) is 0 Å². The van der Waals surface area contributed by atoms with Crippen LogP contribution in [0.5, 0.6) is 0 Å². The molecule has 3 rings (SSSR count).